The Kier molecular flexibility index (Phi) is 19.4. The first-order valence-electron chi connectivity index (χ1n) is 29.0. The Labute approximate surface area is 488 Å². The predicted octanol–water partition coefficient (Wildman–Crippen LogP) is 2.96. The maximum absolute atomic E-state index is 15.2. The van der Waals surface area contributed by atoms with Crippen LogP contribution < -0.4 is 31.9 Å². The van der Waals surface area contributed by atoms with Crippen LogP contribution in [0.3, 0.4) is 0 Å². The maximum Gasteiger partial charge on any atom is 0.250 e. The highest BCUT2D eigenvalue weighted by Crippen LogP contribution is 2.29. The Bertz CT molecular complexity index is 3210. The van der Waals surface area contributed by atoms with Crippen molar-refractivity contribution in [2.24, 2.45) is 5.92 Å². The van der Waals surface area contributed by atoms with Gasteiger partial charge in [0.05, 0.1) is 5.70 Å². The summed E-state index contributed by atoms with van der Waals surface area (Å²) < 4.78 is 1.50. The number of amides is 9. The van der Waals surface area contributed by atoms with Gasteiger partial charge in [0.15, 0.2) is 5.82 Å². The molecule has 6 N–H and O–H groups in total. The van der Waals surface area contributed by atoms with E-state index in [0.717, 1.165) is 5.56 Å². The number of nitrogens with one attached hydrogen (secondary N) is 6. The minimum atomic E-state index is -1.25. The highest BCUT2D eigenvalue weighted by Gasteiger charge is 2.45. The lowest BCUT2D eigenvalue weighted by molar-refractivity contribution is -0.148. The van der Waals surface area contributed by atoms with Crippen LogP contribution in [0.15, 0.2) is 134 Å². The van der Waals surface area contributed by atoms with Gasteiger partial charge in [0.1, 0.15) is 60.7 Å². The number of nitrogens with zero attached hydrogens (tertiary/aromatic N) is 6. The first-order valence-corrected chi connectivity index (χ1v) is 29.0. The molecular formula is C63H74N12O9. The van der Waals surface area contributed by atoms with E-state index < -0.39 is 113 Å². The summed E-state index contributed by atoms with van der Waals surface area (Å²) >= 11 is 0. The summed E-state index contributed by atoms with van der Waals surface area (Å²) in [5.41, 5.74) is 3.19. The molecule has 21 nitrogen and oxygen atoms in total. The lowest BCUT2D eigenvalue weighted by Crippen LogP contribution is -2.61. The van der Waals surface area contributed by atoms with Gasteiger partial charge in [-0.15, -0.1) is 10.2 Å². The molecule has 5 aromatic rings. The number of rotatable bonds is 9. The minimum absolute atomic E-state index is 0.0158. The summed E-state index contributed by atoms with van der Waals surface area (Å²) in [7, 11) is 0. The van der Waals surface area contributed by atoms with Gasteiger partial charge in [0.2, 0.25) is 53.2 Å². The summed E-state index contributed by atoms with van der Waals surface area (Å²) in [6.07, 6.45) is 5.23. The van der Waals surface area contributed by atoms with E-state index in [1.807, 2.05) is 97.1 Å². The Morgan fingerprint density at radius 2 is 0.917 bits per heavy atom. The summed E-state index contributed by atoms with van der Waals surface area (Å²) in [5.74, 6) is -5.63. The van der Waals surface area contributed by atoms with Gasteiger partial charge >= 0.3 is 0 Å². The molecule has 21 heteroatoms. The van der Waals surface area contributed by atoms with E-state index in [4.69, 9.17) is 0 Å². The number of hydrogen-bond donors (Lipinski definition) is 6. The zero-order valence-electron chi connectivity index (χ0n) is 47.8. The lowest BCUT2D eigenvalue weighted by Gasteiger charge is -2.34. The first kappa shape index (κ1) is 59.6. The first-order chi connectivity index (χ1) is 40.5. The van der Waals surface area contributed by atoms with E-state index in [2.05, 4.69) is 42.1 Å². The van der Waals surface area contributed by atoms with Crippen LogP contribution in [0.5, 0.6) is 0 Å². The third-order valence-corrected chi connectivity index (χ3v) is 16.1. The van der Waals surface area contributed by atoms with E-state index in [-0.39, 0.29) is 51.1 Å². The molecule has 0 aliphatic carbocycles. The molecule has 9 amide bonds. The molecule has 84 heavy (non-hydrogen) atoms. The standard InChI is InChI=1S/C63H74N12O9/c1-39(2)53-63(84)74-33-19-30-52(74)62(83)73-32-18-29-51(73)60(81)65-40(3)55(76)66-46(34-42-20-9-5-10-21-42)58(79)69-49(37-45-26-15-8-16-27-45)61(82)72-31-17-28-50(72)54-71-64-38-75(54)41(4)56(77)67-47(35-43-22-11-6-12-23-43)57(78)68-48(59(80)70-53)36-44-24-13-7-14-25-44/h5-16,20-28,38-41,46-49,51-53H,17-19,29-37H2,1-4H3,(H,65,81)(H,66,76)(H,67,77)(H,68,78)(H,69,79)(H,70,80)/t40-,41-,46+,47-,48-,49+,51-,52-,53+/m0/s1. The van der Waals surface area contributed by atoms with E-state index in [0.29, 0.717) is 54.5 Å². The summed E-state index contributed by atoms with van der Waals surface area (Å²) in [5, 5.41) is 26.0. The smallest absolute Gasteiger partial charge is 0.250 e. The van der Waals surface area contributed by atoms with Crippen molar-refractivity contribution in [3.05, 3.63) is 162 Å². The average molecular weight is 1140 g/mol. The van der Waals surface area contributed by atoms with Crippen molar-refractivity contribution < 1.29 is 43.2 Å². The molecule has 1 aromatic heterocycles. The van der Waals surface area contributed by atoms with Gasteiger partial charge in [-0.1, -0.05) is 141 Å². The Hall–Kier alpha value is -9.01. The molecule has 4 aromatic carbocycles. The van der Waals surface area contributed by atoms with Gasteiger partial charge in [0.25, 0.3) is 0 Å². The van der Waals surface area contributed by atoms with Gasteiger partial charge < -0.3 is 46.6 Å². The van der Waals surface area contributed by atoms with Crippen LogP contribution in [0.2, 0.25) is 0 Å². The van der Waals surface area contributed by atoms with Crippen molar-refractivity contribution in [2.45, 2.75) is 140 Å². The fourth-order valence-electron chi connectivity index (χ4n) is 11.5. The monoisotopic (exact) mass is 1140 g/mol. The zero-order valence-corrected chi connectivity index (χ0v) is 47.8. The molecule has 2 saturated heterocycles. The van der Waals surface area contributed by atoms with Crippen molar-refractivity contribution in [1.82, 2.24) is 61.4 Å². The predicted molar refractivity (Wildman–Crippen MR) is 311 cm³/mol. The van der Waals surface area contributed by atoms with E-state index >= 15 is 4.79 Å². The van der Waals surface area contributed by atoms with Crippen molar-refractivity contribution in [2.75, 3.05) is 19.6 Å². The van der Waals surface area contributed by atoms with Gasteiger partial charge in [-0.05, 0) is 74.1 Å². The SMILES string of the molecule is CC(C)[C@H]1NC(=O)[C@H](Cc2ccccc2)NC(=O)[C@H](Cc2ccccc2)NC(=O)[C@H](C)n2cnnc2C2=CCCN2C(=O)[C@@H](Cc2ccccc2)NC(=O)[C@@H](Cc2ccccc2)NC(=O)[C@H](C)NC(=O)[C@@H]2CCCN2C(=O)[C@@H]2CCCN2C1=O. The molecule has 0 saturated carbocycles. The number of benzene rings is 4. The number of hydrogen-bond acceptors (Lipinski definition) is 11. The van der Waals surface area contributed by atoms with E-state index in [1.165, 1.54) is 32.5 Å². The van der Waals surface area contributed by atoms with Crippen molar-refractivity contribution in [3.8, 4) is 0 Å². The van der Waals surface area contributed by atoms with Crippen molar-refractivity contribution in [1.29, 1.82) is 0 Å². The van der Waals surface area contributed by atoms with Crippen LogP contribution in [-0.4, -0.2) is 151 Å². The molecular weight excluding hydrogens is 1070 g/mol. The second-order valence-corrected chi connectivity index (χ2v) is 22.4. The van der Waals surface area contributed by atoms with Gasteiger partial charge in [-0.2, -0.15) is 0 Å². The van der Waals surface area contributed by atoms with Crippen LogP contribution in [0, 0.1) is 5.92 Å². The number of aromatic nitrogens is 3. The van der Waals surface area contributed by atoms with Gasteiger partial charge in [-0.3, -0.25) is 47.7 Å². The Morgan fingerprint density at radius 3 is 1.43 bits per heavy atom. The summed E-state index contributed by atoms with van der Waals surface area (Å²) in [6.45, 7) is 7.26. The quantitative estimate of drug-likeness (QED) is 0.125. The Morgan fingerprint density at radius 1 is 0.476 bits per heavy atom. The zero-order chi connectivity index (χ0) is 59.4. The maximum atomic E-state index is 15.2. The van der Waals surface area contributed by atoms with Crippen molar-refractivity contribution >= 4 is 58.9 Å². The number of carbonyl (C=O) groups is 9. The highest BCUT2D eigenvalue weighted by atomic mass is 16.2. The molecule has 4 aliphatic rings. The lowest BCUT2D eigenvalue weighted by atomic mass is 9.99. The summed E-state index contributed by atoms with van der Waals surface area (Å²) in [4.78, 5) is 137. The molecule has 9 atom stereocenters. The number of carbonyl (C=O) groups excluding carboxylic acids is 9. The molecule has 440 valence electrons. The molecule has 0 unspecified atom stereocenters. The molecule has 2 fully saturated rings. The van der Waals surface area contributed by atoms with Crippen LogP contribution in [-0.2, 0) is 68.8 Å². The van der Waals surface area contributed by atoms with Gasteiger partial charge in [-0.25, -0.2) is 0 Å². The van der Waals surface area contributed by atoms with E-state index in [9.17, 15) is 38.4 Å². The highest BCUT2D eigenvalue weighted by molar-refractivity contribution is 5.99. The largest absolute Gasteiger partial charge is 0.343 e. The van der Waals surface area contributed by atoms with Crippen LogP contribution in [0.25, 0.3) is 5.70 Å². The molecule has 0 spiro atoms. The third kappa shape index (κ3) is 14.2. The molecule has 0 radical (unpaired) electrons. The topological polar surface area (TPSA) is 266 Å². The van der Waals surface area contributed by atoms with Gasteiger partial charge in [0, 0.05) is 45.3 Å². The van der Waals surface area contributed by atoms with Crippen LogP contribution in [0.4, 0.5) is 0 Å². The second-order valence-electron chi connectivity index (χ2n) is 22.4. The van der Waals surface area contributed by atoms with Crippen LogP contribution >= 0.6 is 0 Å². The normalized spacial score (nSPS) is 25.5. The molecule has 4 aliphatic heterocycles. The molecule has 5 heterocycles. The van der Waals surface area contributed by atoms with Crippen LogP contribution in [0.1, 0.15) is 93.9 Å². The van der Waals surface area contributed by atoms with E-state index in [1.54, 1.807) is 51.1 Å². The second kappa shape index (κ2) is 27.4. The third-order valence-electron chi connectivity index (χ3n) is 16.1. The number of fused-ring (bicyclic) bond motifs is 5. The fourth-order valence-corrected chi connectivity index (χ4v) is 11.5. The van der Waals surface area contributed by atoms with Crippen molar-refractivity contribution in [3.63, 3.8) is 0 Å². The molecule has 0 bridgehead atoms. The average Bonchev–Trinajstić information content (AvgIpc) is 4.51. The fraction of sp³-hybridized carbons (Fsp3) is 0.413. The summed E-state index contributed by atoms with van der Waals surface area (Å²) in [6, 6.07) is 26.1. The Balaban J connectivity index is 1.08. The molecule has 9 rings (SSSR count). The minimum Gasteiger partial charge on any atom is -0.343 e.